The lowest BCUT2D eigenvalue weighted by molar-refractivity contribution is 0.0576. The summed E-state index contributed by atoms with van der Waals surface area (Å²) in [4.78, 5) is 0. The van der Waals surface area contributed by atoms with Crippen LogP contribution in [0, 0.1) is 5.92 Å². The van der Waals surface area contributed by atoms with Gasteiger partial charge >= 0.3 is 17.6 Å². The van der Waals surface area contributed by atoms with E-state index >= 15 is 0 Å². The van der Waals surface area contributed by atoms with Gasteiger partial charge in [0.05, 0.1) is 6.10 Å². The summed E-state index contributed by atoms with van der Waals surface area (Å²) in [6.45, 7) is 18.2. The zero-order chi connectivity index (χ0) is 26.7. The van der Waals surface area contributed by atoms with Gasteiger partial charge in [0.15, 0.2) is 0 Å². The van der Waals surface area contributed by atoms with Crippen molar-refractivity contribution < 1.29 is 31.7 Å². The molecule has 1 rings (SSSR count). The molecule has 3 N–H and O–H groups in total. The van der Waals surface area contributed by atoms with Crippen molar-refractivity contribution in [1.82, 2.24) is 10.6 Å². The standard InChI is InChI=1S/C25H56N2O7Si2/c1-7-29-35(30-8-2,31-9-3)20-13-17-26-18-19-27-24-22-23(14-15-25(24)28)16-21-36(32-10-4,33-11-5)34-12-6/h23-28H,7-22H2,1-6H3. The number of aliphatic hydroxyl groups excluding tert-OH is 1. The molecule has 1 fully saturated rings. The van der Waals surface area contributed by atoms with E-state index in [1.807, 2.05) is 41.5 Å². The molecular weight excluding hydrogens is 496 g/mol. The highest BCUT2D eigenvalue weighted by atomic mass is 28.4. The van der Waals surface area contributed by atoms with Crippen LogP contribution in [0.3, 0.4) is 0 Å². The SMILES string of the molecule is CCO[Si](CCCNCCNC1CC(CC[Si](OCC)(OCC)OCC)CCC1O)(OCC)OCC. The minimum absolute atomic E-state index is 0.127. The van der Waals surface area contributed by atoms with E-state index in [1.165, 1.54) is 0 Å². The fraction of sp³-hybridized carbons (Fsp3) is 1.00. The summed E-state index contributed by atoms with van der Waals surface area (Å²) in [5, 5.41) is 17.7. The molecule has 1 aliphatic rings. The normalized spacial score (nSPS) is 21.2. The van der Waals surface area contributed by atoms with Crippen LogP contribution >= 0.6 is 0 Å². The maximum absolute atomic E-state index is 10.6. The highest BCUT2D eigenvalue weighted by Gasteiger charge is 2.42. The van der Waals surface area contributed by atoms with Crippen molar-refractivity contribution in [2.24, 2.45) is 5.92 Å². The quantitative estimate of drug-likeness (QED) is 0.130. The highest BCUT2D eigenvalue weighted by molar-refractivity contribution is 6.61. The summed E-state index contributed by atoms with van der Waals surface area (Å²) in [5.41, 5.74) is 0. The summed E-state index contributed by atoms with van der Waals surface area (Å²) in [6, 6.07) is 1.79. The van der Waals surface area contributed by atoms with Gasteiger partial charge in [0, 0.05) is 70.9 Å². The predicted octanol–water partition coefficient (Wildman–Crippen LogP) is 3.57. The lowest BCUT2D eigenvalue weighted by Gasteiger charge is -2.36. The first kappa shape index (κ1) is 34.1. The number of nitrogens with one attached hydrogen (secondary N) is 2. The van der Waals surface area contributed by atoms with E-state index in [4.69, 9.17) is 26.6 Å². The third-order valence-electron chi connectivity index (χ3n) is 6.51. The fourth-order valence-electron chi connectivity index (χ4n) is 5.01. The monoisotopic (exact) mass is 552 g/mol. The second-order valence-electron chi connectivity index (χ2n) is 9.16. The minimum atomic E-state index is -2.61. The van der Waals surface area contributed by atoms with E-state index in [-0.39, 0.29) is 12.1 Å². The second-order valence-corrected chi connectivity index (χ2v) is 14.6. The van der Waals surface area contributed by atoms with Gasteiger partial charge in [-0.2, -0.15) is 0 Å². The van der Waals surface area contributed by atoms with Crippen molar-refractivity contribution >= 4 is 17.6 Å². The summed E-state index contributed by atoms with van der Waals surface area (Å²) in [6.07, 6.45) is 4.52. The summed E-state index contributed by atoms with van der Waals surface area (Å²) >= 11 is 0. The molecule has 3 atom stereocenters. The molecule has 3 unspecified atom stereocenters. The second kappa shape index (κ2) is 20.0. The zero-order valence-electron chi connectivity index (χ0n) is 23.9. The number of aliphatic hydroxyl groups is 1. The molecule has 0 amide bonds. The highest BCUT2D eigenvalue weighted by Crippen LogP contribution is 2.31. The maximum atomic E-state index is 10.6. The Balaban J connectivity index is 2.39. The predicted molar refractivity (Wildman–Crippen MR) is 148 cm³/mol. The molecule has 0 aliphatic heterocycles. The Bertz CT molecular complexity index is 503. The van der Waals surface area contributed by atoms with Crippen LogP contribution in [0.4, 0.5) is 0 Å². The summed E-state index contributed by atoms with van der Waals surface area (Å²) in [5.74, 6) is 0.542. The van der Waals surface area contributed by atoms with Crippen LogP contribution in [0.5, 0.6) is 0 Å². The van der Waals surface area contributed by atoms with Gasteiger partial charge in [0.1, 0.15) is 0 Å². The van der Waals surface area contributed by atoms with Crippen molar-refractivity contribution in [1.29, 1.82) is 0 Å². The lowest BCUT2D eigenvalue weighted by atomic mass is 9.82. The number of hydrogen-bond donors (Lipinski definition) is 3. The Morgan fingerprint density at radius 2 is 1.17 bits per heavy atom. The molecular formula is C25H56N2O7Si2. The third-order valence-corrected chi connectivity index (χ3v) is 12.7. The Kier molecular flexibility index (Phi) is 19.0. The van der Waals surface area contributed by atoms with Crippen molar-refractivity contribution in [3.63, 3.8) is 0 Å². The molecule has 0 saturated heterocycles. The average Bonchev–Trinajstić information content (AvgIpc) is 2.84. The number of rotatable bonds is 23. The van der Waals surface area contributed by atoms with E-state index in [9.17, 15) is 5.11 Å². The smallest absolute Gasteiger partial charge is 0.392 e. The first-order chi connectivity index (χ1) is 17.4. The molecule has 1 aliphatic carbocycles. The molecule has 0 radical (unpaired) electrons. The molecule has 0 aromatic rings. The molecule has 216 valence electrons. The van der Waals surface area contributed by atoms with Crippen LogP contribution in [0.2, 0.25) is 12.1 Å². The largest absolute Gasteiger partial charge is 0.500 e. The van der Waals surface area contributed by atoms with Crippen LogP contribution < -0.4 is 10.6 Å². The average molecular weight is 553 g/mol. The zero-order valence-corrected chi connectivity index (χ0v) is 25.9. The lowest BCUT2D eigenvalue weighted by Crippen LogP contribution is -2.48. The van der Waals surface area contributed by atoms with Gasteiger partial charge in [-0.1, -0.05) is 0 Å². The van der Waals surface area contributed by atoms with Crippen molar-refractivity contribution in [3.05, 3.63) is 0 Å². The molecule has 0 heterocycles. The fourth-order valence-corrected chi connectivity index (χ4v) is 10.4. The van der Waals surface area contributed by atoms with Gasteiger partial charge in [0.2, 0.25) is 0 Å². The Morgan fingerprint density at radius 1 is 0.667 bits per heavy atom. The Labute approximate surface area is 223 Å². The Morgan fingerprint density at radius 3 is 1.67 bits per heavy atom. The van der Waals surface area contributed by atoms with Crippen LogP contribution in [0.15, 0.2) is 0 Å². The van der Waals surface area contributed by atoms with Crippen LogP contribution in [0.1, 0.15) is 73.6 Å². The summed E-state index contributed by atoms with van der Waals surface area (Å²) < 4.78 is 35.8. The van der Waals surface area contributed by atoms with E-state index in [1.54, 1.807) is 0 Å². The van der Waals surface area contributed by atoms with Crippen LogP contribution in [-0.2, 0) is 26.6 Å². The molecule has 0 bridgehead atoms. The van der Waals surface area contributed by atoms with Crippen molar-refractivity contribution in [3.8, 4) is 0 Å². The first-order valence-electron chi connectivity index (χ1n) is 14.4. The van der Waals surface area contributed by atoms with Gasteiger partial charge < -0.3 is 42.3 Å². The molecule has 11 heteroatoms. The number of hydrogen-bond acceptors (Lipinski definition) is 9. The summed E-state index contributed by atoms with van der Waals surface area (Å²) in [7, 11) is -5.17. The van der Waals surface area contributed by atoms with Crippen LogP contribution in [-0.4, -0.2) is 94.1 Å². The molecule has 9 nitrogen and oxygen atoms in total. The van der Waals surface area contributed by atoms with E-state index < -0.39 is 17.6 Å². The van der Waals surface area contributed by atoms with E-state index in [0.717, 1.165) is 63.8 Å². The molecule has 1 saturated carbocycles. The van der Waals surface area contributed by atoms with Crippen LogP contribution in [0.25, 0.3) is 0 Å². The molecule has 0 spiro atoms. The third kappa shape index (κ3) is 12.7. The maximum Gasteiger partial charge on any atom is 0.500 e. The van der Waals surface area contributed by atoms with Crippen molar-refractivity contribution in [2.75, 3.05) is 59.3 Å². The van der Waals surface area contributed by atoms with E-state index in [0.29, 0.717) is 45.6 Å². The molecule has 36 heavy (non-hydrogen) atoms. The van der Waals surface area contributed by atoms with E-state index in [2.05, 4.69) is 10.6 Å². The van der Waals surface area contributed by atoms with Crippen molar-refractivity contribution in [2.45, 2.75) is 97.9 Å². The van der Waals surface area contributed by atoms with Gasteiger partial charge in [-0.05, 0) is 86.1 Å². The first-order valence-corrected chi connectivity index (χ1v) is 18.3. The molecule has 0 aromatic carbocycles. The van der Waals surface area contributed by atoms with Gasteiger partial charge in [-0.25, -0.2) is 0 Å². The minimum Gasteiger partial charge on any atom is -0.392 e. The van der Waals surface area contributed by atoms with Gasteiger partial charge in [-0.15, -0.1) is 0 Å². The van der Waals surface area contributed by atoms with Gasteiger partial charge in [0.25, 0.3) is 0 Å². The molecule has 0 aromatic heterocycles. The van der Waals surface area contributed by atoms with Gasteiger partial charge in [-0.3, -0.25) is 0 Å². The topological polar surface area (TPSA) is 99.7 Å². The Hall–Kier alpha value is 0.0738.